The highest BCUT2D eigenvalue weighted by atomic mass is 16.7. The first kappa shape index (κ1) is 25.3. The largest absolute Gasteiger partial charge is 0.494 e. The van der Waals surface area contributed by atoms with Gasteiger partial charge in [-0.05, 0) is 51.2 Å². The molecule has 178 valence electrons. The van der Waals surface area contributed by atoms with E-state index in [2.05, 4.69) is 12.2 Å². The number of rotatable bonds is 11. The van der Waals surface area contributed by atoms with E-state index in [0.29, 0.717) is 18.9 Å². The number of nitrogens with one attached hydrogen (secondary N) is 1. The van der Waals surface area contributed by atoms with E-state index in [1.54, 1.807) is 0 Å². The van der Waals surface area contributed by atoms with Crippen LogP contribution in [-0.4, -0.2) is 30.8 Å². The summed E-state index contributed by atoms with van der Waals surface area (Å²) in [4.78, 5) is 12.7. The molecule has 1 fully saturated rings. The second kappa shape index (κ2) is 11.2. The monoisotopic (exact) mass is 451 g/mol. The lowest BCUT2D eigenvalue weighted by atomic mass is 9.78. The van der Waals surface area contributed by atoms with Gasteiger partial charge in [0.25, 0.3) is 0 Å². The molecule has 2 aromatic rings. The Hall–Kier alpha value is -2.31. The van der Waals surface area contributed by atoms with Crippen molar-refractivity contribution in [3.05, 3.63) is 59.7 Å². The minimum Gasteiger partial charge on any atom is -0.489 e. The zero-order valence-corrected chi connectivity index (χ0v) is 20.8. The van der Waals surface area contributed by atoms with Gasteiger partial charge in [-0.15, -0.1) is 0 Å². The Bertz CT molecular complexity index is 898. The van der Waals surface area contributed by atoms with Crippen molar-refractivity contribution in [2.75, 3.05) is 6.54 Å². The minimum absolute atomic E-state index is 0.00197. The smallest absolute Gasteiger partial charge is 0.489 e. The molecule has 0 aromatic heterocycles. The average molecular weight is 451 g/mol. The fourth-order valence-corrected chi connectivity index (χ4v) is 3.75. The van der Waals surface area contributed by atoms with Crippen molar-refractivity contribution < 1.29 is 18.8 Å². The van der Waals surface area contributed by atoms with Gasteiger partial charge in [0.05, 0.1) is 17.6 Å². The number of hydrogen-bond donors (Lipinski definition) is 1. The quantitative estimate of drug-likeness (QED) is 0.394. The molecule has 1 heterocycles. The van der Waals surface area contributed by atoms with E-state index >= 15 is 0 Å². The maximum atomic E-state index is 12.7. The van der Waals surface area contributed by atoms with Crippen molar-refractivity contribution in [1.82, 2.24) is 5.32 Å². The Morgan fingerprint density at radius 3 is 2.33 bits per heavy atom. The zero-order chi connectivity index (χ0) is 23.9. The molecule has 0 radical (unpaired) electrons. The summed E-state index contributed by atoms with van der Waals surface area (Å²) >= 11 is 0. The Morgan fingerprint density at radius 2 is 1.67 bits per heavy atom. The molecular formula is C27H38BNO4. The van der Waals surface area contributed by atoms with E-state index < -0.39 is 18.3 Å². The third-order valence-electron chi connectivity index (χ3n) is 6.55. The highest BCUT2D eigenvalue weighted by Gasteiger charge is 2.51. The number of unbranched alkanes of at least 4 members (excludes halogenated alkanes) is 3. The molecule has 33 heavy (non-hydrogen) atoms. The van der Waals surface area contributed by atoms with Crippen LogP contribution in [0, 0.1) is 0 Å². The highest BCUT2D eigenvalue weighted by molar-refractivity contribution is 6.62. The fourth-order valence-electron chi connectivity index (χ4n) is 3.75. The molecule has 1 N–H and O–H groups in total. The summed E-state index contributed by atoms with van der Waals surface area (Å²) in [6, 6.07) is 15.9. The van der Waals surface area contributed by atoms with Crippen LogP contribution in [-0.2, 0) is 27.1 Å². The standard InChI is InChI=1S/C27H38BNO4/c1-6-7-8-12-17-29-25(30)19-22-18-23(28-32-26(2,3)27(4,5)33-28)15-16-24(22)31-20-21-13-10-9-11-14-21/h9-11,13-16,18H,6-8,12,17,19-20H2,1-5H3,(H,29,30). The van der Waals surface area contributed by atoms with Crippen molar-refractivity contribution in [2.24, 2.45) is 0 Å². The first-order valence-electron chi connectivity index (χ1n) is 12.1. The Morgan fingerprint density at radius 1 is 0.970 bits per heavy atom. The third-order valence-corrected chi connectivity index (χ3v) is 6.55. The van der Waals surface area contributed by atoms with Gasteiger partial charge < -0.3 is 19.4 Å². The Balaban J connectivity index is 1.74. The van der Waals surface area contributed by atoms with E-state index in [9.17, 15) is 4.79 Å². The number of benzene rings is 2. The van der Waals surface area contributed by atoms with Crippen LogP contribution < -0.4 is 15.5 Å². The van der Waals surface area contributed by atoms with E-state index in [4.69, 9.17) is 14.0 Å². The first-order valence-corrected chi connectivity index (χ1v) is 12.1. The molecule has 0 unspecified atom stereocenters. The van der Waals surface area contributed by atoms with Crippen molar-refractivity contribution in [3.63, 3.8) is 0 Å². The molecule has 1 aliphatic rings. The molecule has 0 aliphatic carbocycles. The summed E-state index contributed by atoms with van der Waals surface area (Å²) in [5, 5.41) is 3.05. The second-order valence-corrected chi connectivity index (χ2v) is 9.82. The molecule has 0 bridgehead atoms. The van der Waals surface area contributed by atoms with Crippen molar-refractivity contribution >= 4 is 18.5 Å². The first-order chi connectivity index (χ1) is 15.7. The maximum absolute atomic E-state index is 12.7. The van der Waals surface area contributed by atoms with Gasteiger partial charge >= 0.3 is 7.12 Å². The van der Waals surface area contributed by atoms with Crippen LogP contribution in [0.4, 0.5) is 0 Å². The highest BCUT2D eigenvalue weighted by Crippen LogP contribution is 2.36. The molecule has 1 amide bonds. The second-order valence-electron chi connectivity index (χ2n) is 9.82. The summed E-state index contributed by atoms with van der Waals surface area (Å²) in [5.74, 6) is 0.711. The molecule has 0 spiro atoms. The lowest BCUT2D eigenvalue weighted by Gasteiger charge is -2.32. The van der Waals surface area contributed by atoms with Crippen LogP contribution in [0.3, 0.4) is 0 Å². The lowest BCUT2D eigenvalue weighted by Crippen LogP contribution is -2.41. The van der Waals surface area contributed by atoms with Crippen LogP contribution in [0.1, 0.15) is 71.4 Å². The Labute approximate surface area is 199 Å². The lowest BCUT2D eigenvalue weighted by molar-refractivity contribution is -0.120. The fraction of sp³-hybridized carbons (Fsp3) is 0.519. The predicted molar refractivity (Wildman–Crippen MR) is 134 cm³/mol. The van der Waals surface area contributed by atoms with Crippen molar-refractivity contribution in [2.45, 2.75) is 84.5 Å². The number of amides is 1. The van der Waals surface area contributed by atoms with Gasteiger partial charge in [0.2, 0.25) is 5.91 Å². The van der Waals surface area contributed by atoms with Crippen LogP contribution in [0.2, 0.25) is 0 Å². The minimum atomic E-state index is -0.478. The van der Waals surface area contributed by atoms with Gasteiger partial charge in [0.1, 0.15) is 12.4 Å². The van der Waals surface area contributed by atoms with E-state index in [-0.39, 0.29) is 12.3 Å². The average Bonchev–Trinajstić information content (AvgIpc) is 3.00. The number of ether oxygens (including phenoxy) is 1. The molecule has 2 aromatic carbocycles. The molecule has 6 heteroatoms. The summed E-state index contributed by atoms with van der Waals surface area (Å²) in [6.07, 6.45) is 4.78. The van der Waals surface area contributed by atoms with Crippen molar-refractivity contribution in [1.29, 1.82) is 0 Å². The zero-order valence-electron chi connectivity index (χ0n) is 20.8. The topological polar surface area (TPSA) is 56.8 Å². The van der Waals surface area contributed by atoms with Gasteiger partial charge in [-0.25, -0.2) is 0 Å². The number of carbonyl (C=O) groups is 1. The molecule has 0 saturated carbocycles. The van der Waals surface area contributed by atoms with E-state index in [1.807, 2.05) is 76.2 Å². The van der Waals surface area contributed by atoms with Crippen LogP contribution in [0.15, 0.2) is 48.5 Å². The summed E-state index contributed by atoms with van der Waals surface area (Å²) in [5.41, 5.74) is 1.97. The van der Waals surface area contributed by atoms with E-state index in [0.717, 1.165) is 29.4 Å². The predicted octanol–water partition coefficient (Wildman–Crippen LogP) is 4.80. The SMILES string of the molecule is CCCCCCNC(=O)Cc1cc(B2OC(C)(C)C(C)(C)O2)ccc1OCc1ccccc1. The summed E-state index contributed by atoms with van der Waals surface area (Å²) < 4.78 is 18.6. The molecule has 1 saturated heterocycles. The third kappa shape index (κ3) is 6.84. The maximum Gasteiger partial charge on any atom is 0.494 e. The molecule has 5 nitrogen and oxygen atoms in total. The molecule has 3 rings (SSSR count). The van der Waals surface area contributed by atoms with Gasteiger partial charge in [-0.2, -0.15) is 0 Å². The summed E-state index contributed by atoms with van der Waals surface area (Å²) in [6.45, 7) is 11.5. The summed E-state index contributed by atoms with van der Waals surface area (Å²) in [7, 11) is -0.478. The molecule has 1 aliphatic heterocycles. The number of hydrogen-bond acceptors (Lipinski definition) is 4. The van der Waals surface area contributed by atoms with Gasteiger partial charge in [0.15, 0.2) is 0 Å². The van der Waals surface area contributed by atoms with E-state index in [1.165, 1.54) is 12.8 Å². The molecule has 0 atom stereocenters. The normalized spacial score (nSPS) is 16.6. The van der Waals surface area contributed by atoms with Crippen molar-refractivity contribution in [3.8, 4) is 5.75 Å². The van der Waals surface area contributed by atoms with Gasteiger partial charge in [-0.1, -0.05) is 68.7 Å². The Kier molecular flexibility index (Phi) is 8.60. The van der Waals surface area contributed by atoms with Crippen LogP contribution in [0.5, 0.6) is 5.75 Å². The number of carbonyl (C=O) groups excluding carboxylic acids is 1. The van der Waals surface area contributed by atoms with Crippen LogP contribution >= 0.6 is 0 Å². The van der Waals surface area contributed by atoms with Gasteiger partial charge in [-0.3, -0.25) is 4.79 Å². The molecular weight excluding hydrogens is 413 g/mol. The van der Waals surface area contributed by atoms with Gasteiger partial charge in [0, 0.05) is 12.1 Å². The van der Waals surface area contributed by atoms with Crippen LogP contribution in [0.25, 0.3) is 0 Å².